The summed E-state index contributed by atoms with van der Waals surface area (Å²) in [6.07, 6.45) is 4.84. The van der Waals surface area contributed by atoms with Crippen LogP contribution in [0.2, 0.25) is 0 Å². The number of methoxy groups -OCH3 is 1. The zero-order valence-corrected chi connectivity index (χ0v) is 11.5. The average molecular weight is 269 g/mol. The summed E-state index contributed by atoms with van der Waals surface area (Å²) < 4.78 is 32.2. The Kier molecular flexibility index (Phi) is 4.53. The van der Waals surface area contributed by atoms with Gasteiger partial charge in [-0.15, -0.1) is 0 Å². The maximum absolute atomic E-state index is 13.2. The van der Waals surface area contributed by atoms with Gasteiger partial charge in [-0.05, 0) is 44.0 Å². The third-order valence-corrected chi connectivity index (χ3v) is 4.20. The Bertz CT molecular complexity index is 410. The summed E-state index contributed by atoms with van der Waals surface area (Å²) in [4.78, 5) is 0. The van der Waals surface area contributed by atoms with Crippen LogP contribution in [-0.2, 0) is 11.2 Å². The molecule has 0 aliphatic heterocycles. The molecule has 1 unspecified atom stereocenters. The molecule has 0 spiro atoms. The van der Waals surface area contributed by atoms with E-state index in [1.165, 1.54) is 12.1 Å². The molecule has 19 heavy (non-hydrogen) atoms. The van der Waals surface area contributed by atoms with E-state index in [4.69, 9.17) is 4.74 Å². The topological polar surface area (TPSA) is 21.3 Å². The Morgan fingerprint density at radius 3 is 2.26 bits per heavy atom. The van der Waals surface area contributed by atoms with Crippen molar-refractivity contribution in [2.75, 3.05) is 14.2 Å². The summed E-state index contributed by atoms with van der Waals surface area (Å²) in [5.74, 6) is -1.05. The molecular weight excluding hydrogens is 248 g/mol. The van der Waals surface area contributed by atoms with E-state index in [9.17, 15) is 8.78 Å². The molecule has 1 aliphatic rings. The van der Waals surface area contributed by atoms with Crippen molar-refractivity contribution in [3.05, 3.63) is 35.4 Å². The molecule has 1 N–H and O–H groups in total. The molecule has 0 heterocycles. The largest absolute Gasteiger partial charge is 0.377 e. The first kappa shape index (κ1) is 14.4. The van der Waals surface area contributed by atoms with E-state index in [0.29, 0.717) is 12.0 Å². The normalized spacial score (nSPS) is 19.6. The first-order valence-electron chi connectivity index (χ1n) is 6.77. The van der Waals surface area contributed by atoms with E-state index in [1.54, 1.807) is 7.11 Å². The lowest BCUT2D eigenvalue weighted by atomic mass is 9.87. The minimum Gasteiger partial charge on any atom is -0.377 e. The summed E-state index contributed by atoms with van der Waals surface area (Å²) in [5.41, 5.74) is 0.456. The minimum atomic E-state index is -0.525. The highest BCUT2D eigenvalue weighted by atomic mass is 19.1. The summed E-state index contributed by atoms with van der Waals surface area (Å²) in [6.45, 7) is 0. The number of nitrogens with one attached hydrogen (secondary N) is 1. The highest BCUT2D eigenvalue weighted by Gasteiger charge is 2.40. The predicted octanol–water partition coefficient (Wildman–Crippen LogP) is 3.05. The van der Waals surface area contributed by atoms with Gasteiger partial charge < -0.3 is 10.1 Å². The summed E-state index contributed by atoms with van der Waals surface area (Å²) >= 11 is 0. The lowest BCUT2D eigenvalue weighted by molar-refractivity contribution is -0.0336. The summed E-state index contributed by atoms with van der Waals surface area (Å²) in [7, 11) is 3.60. The molecule has 2 rings (SSSR count). The maximum Gasteiger partial charge on any atom is 0.126 e. The Balaban J connectivity index is 2.18. The number of rotatable bonds is 5. The molecule has 1 aliphatic carbocycles. The van der Waals surface area contributed by atoms with Gasteiger partial charge in [0.2, 0.25) is 0 Å². The van der Waals surface area contributed by atoms with Crippen LogP contribution in [0.15, 0.2) is 18.2 Å². The molecule has 1 aromatic carbocycles. The lowest BCUT2D eigenvalue weighted by Gasteiger charge is -2.36. The van der Waals surface area contributed by atoms with E-state index in [0.717, 1.165) is 31.7 Å². The molecular formula is C15H21F2NO. The summed E-state index contributed by atoms with van der Waals surface area (Å²) in [5, 5.41) is 3.25. The monoisotopic (exact) mass is 269 g/mol. The van der Waals surface area contributed by atoms with Crippen LogP contribution in [0.3, 0.4) is 0 Å². The first-order valence-corrected chi connectivity index (χ1v) is 6.77. The van der Waals surface area contributed by atoms with Crippen molar-refractivity contribution in [1.29, 1.82) is 0 Å². The van der Waals surface area contributed by atoms with Gasteiger partial charge in [0.1, 0.15) is 11.6 Å². The molecule has 1 saturated carbocycles. The van der Waals surface area contributed by atoms with Gasteiger partial charge in [-0.25, -0.2) is 8.78 Å². The standard InChI is InChI=1S/C15H21F2NO/c1-18-14(15(19-2)5-3-4-6-15)9-11-7-12(16)10-13(17)8-11/h7-8,10,14,18H,3-6,9H2,1-2H3. The molecule has 1 aromatic rings. The van der Waals surface area contributed by atoms with Crippen molar-refractivity contribution in [2.45, 2.75) is 43.7 Å². The molecule has 2 nitrogen and oxygen atoms in total. The average Bonchev–Trinajstić information content (AvgIpc) is 2.84. The van der Waals surface area contributed by atoms with E-state index < -0.39 is 11.6 Å². The van der Waals surface area contributed by atoms with Gasteiger partial charge >= 0.3 is 0 Å². The maximum atomic E-state index is 13.2. The fraction of sp³-hybridized carbons (Fsp3) is 0.600. The van der Waals surface area contributed by atoms with Crippen molar-refractivity contribution in [3.63, 3.8) is 0 Å². The second kappa shape index (κ2) is 5.97. The van der Waals surface area contributed by atoms with Crippen LogP contribution < -0.4 is 5.32 Å². The molecule has 1 fully saturated rings. The van der Waals surface area contributed by atoms with Crippen molar-refractivity contribution >= 4 is 0 Å². The van der Waals surface area contributed by atoms with Gasteiger partial charge in [-0.3, -0.25) is 0 Å². The highest BCUT2D eigenvalue weighted by molar-refractivity contribution is 5.20. The third-order valence-electron chi connectivity index (χ3n) is 4.20. The van der Waals surface area contributed by atoms with Gasteiger partial charge in [0.25, 0.3) is 0 Å². The molecule has 0 aromatic heterocycles. The molecule has 1 atom stereocenters. The lowest BCUT2D eigenvalue weighted by Crippen LogP contribution is -2.50. The zero-order valence-electron chi connectivity index (χ0n) is 11.5. The predicted molar refractivity (Wildman–Crippen MR) is 71.1 cm³/mol. The zero-order chi connectivity index (χ0) is 13.9. The first-order chi connectivity index (χ1) is 9.09. The number of hydrogen-bond acceptors (Lipinski definition) is 2. The Morgan fingerprint density at radius 2 is 1.79 bits per heavy atom. The smallest absolute Gasteiger partial charge is 0.126 e. The Labute approximate surface area is 113 Å². The van der Waals surface area contributed by atoms with Gasteiger partial charge in [-0.2, -0.15) is 0 Å². The molecule has 0 saturated heterocycles. The number of likely N-dealkylation sites (N-methyl/N-ethyl adjacent to an activating group) is 1. The van der Waals surface area contributed by atoms with Crippen LogP contribution in [0.25, 0.3) is 0 Å². The van der Waals surface area contributed by atoms with Crippen molar-refractivity contribution in [3.8, 4) is 0 Å². The quantitative estimate of drug-likeness (QED) is 0.887. The minimum absolute atomic E-state index is 0.0706. The fourth-order valence-electron chi connectivity index (χ4n) is 3.18. The molecule has 4 heteroatoms. The fourth-order valence-corrected chi connectivity index (χ4v) is 3.18. The second-order valence-corrected chi connectivity index (χ2v) is 5.30. The molecule has 106 valence electrons. The van der Waals surface area contributed by atoms with Crippen molar-refractivity contribution < 1.29 is 13.5 Å². The number of ether oxygens (including phenoxy) is 1. The van der Waals surface area contributed by atoms with Gasteiger partial charge in [0.15, 0.2) is 0 Å². The van der Waals surface area contributed by atoms with E-state index in [-0.39, 0.29) is 11.6 Å². The SMILES string of the molecule is CNC(Cc1cc(F)cc(F)c1)C1(OC)CCCC1. The van der Waals surface area contributed by atoms with Crippen LogP contribution >= 0.6 is 0 Å². The molecule has 0 radical (unpaired) electrons. The van der Waals surface area contributed by atoms with Crippen molar-refractivity contribution in [2.24, 2.45) is 0 Å². The molecule has 0 bridgehead atoms. The summed E-state index contributed by atoms with van der Waals surface area (Å²) in [6, 6.07) is 3.76. The third kappa shape index (κ3) is 3.12. The number of halogens is 2. The second-order valence-electron chi connectivity index (χ2n) is 5.30. The van der Waals surface area contributed by atoms with E-state index >= 15 is 0 Å². The van der Waals surface area contributed by atoms with Gasteiger partial charge in [0.05, 0.1) is 5.60 Å². The van der Waals surface area contributed by atoms with E-state index in [1.807, 2.05) is 7.05 Å². The van der Waals surface area contributed by atoms with Gasteiger partial charge in [0, 0.05) is 19.2 Å². The Hall–Kier alpha value is -1.00. The number of hydrogen-bond donors (Lipinski definition) is 1. The van der Waals surface area contributed by atoms with E-state index in [2.05, 4.69) is 5.32 Å². The van der Waals surface area contributed by atoms with Crippen LogP contribution in [-0.4, -0.2) is 25.8 Å². The van der Waals surface area contributed by atoms with Crippen LogP contribution in [0.5, 0.6) is 0 Å². The number of benzene rings is 1. The highest BCUT2D eigenvalue weighted by Crippen LogP contribution is 2.36. The van der Waals surface area contributed by atoms with Crippen LogP contribution in [0, 0.1) is 11.6 Å². The van der Waals surface area contributed by atoms with Gasteiger partial charge in [-0.1, -0.05) is 12.8 Å². The van der Waals surface area contributed by atoms with Crippen LogP contribution in [0.1, 0.15) is 31.2 Å². The molecule has 0 amide bonds. The Morgan fingerprint density at radius 1 is 1.21 bits per heavy atom. The van der Waals surface area contributed by atoms with Crippen LogP contribution in [0.4, 0.5) is 8.78 Å². The van der Waals surface area contributed by atoms with Crippen molar-refractivity contribution in [1.82, 2.24) is 5.32 Å².